The Balaban J connectivity index is 1.46. The molecule has 30 heavy (non-hydrogen) atoms. The van der Waals surface area contributed by atoms with Crippen LogP contribution in [-0.2, 0) is 6.42 Å². The predicted molar refractivity (Wildman–Crippen MR) is 119 cm³/mol. The molecule has 6 heteroatoms. The first-order chi connectivity index (χ1) is 14.3. The maximum absolute atomic E-state index is 15.0. The van der Waals surface area contributed by atoms with Crippen LogP contribution in [-0.4, -0.2) is 84.6 Å². The summed E-state index contributed by atoms with van der Waals surface area (Å²) in [6.45, 7) is 13.1. The molecular weight excluding hydrogens is 384 g/mol. The van der Waals surface area contributed by atoms with E-state index >= 15 is 0 Å². The van der Waals surface area contributed by atoms with Crippen molar-refractivity contribution >= 4 is 0 Å². The largest absolute Gasteiger partial charge is 0.491 e. The van der Waals surface area contributed by atoms with Crippen LogP contribution in [0.1, 0.15) is 46.1 Å². The van der Waals surface area contributed by atoms with Gasteiger partial charge >= 0.3 is 0 Å². The maximum Gasteiger partial charge on any atom is 0.275 e. The first kappa shape index (κ1) is 23.4. The lowest BCUT2D eigenvalue weighted by atomic mass is 9.97. The summed E-state index contributed by atoms with van der Waals surface area (Å²) in [5, 5.41) is 0. The molecule has 2 aliphatic rings. The third kappa shape index (κ3) is 6.14. The molecule has 2 heterocycles. The lowest BCUT2D eigenvalue weighted by molar-refractivity contribution is -0.134. The topological polar surface area (TPSA) is 19.0 Å². The van der Waals surface area contributed by atoms with E-state index in [0.717, 1.165) is 51.3 Å². The Labute approximate surface area is 181 Å². The van der Waals surface area contributed by atoms with Crippen molar-refractivity contribution < 1.29 is 13.5 Å². The van der Waals surface area contributed by atoms with E-state index in [1.54, 1.807) is 0 Å². The third-order valence-corrected chi connectivity index (χ3v) is 6.71. The van der Waals surface area contributed by atoms with Crippen molar-refractivity contribution in [1.82, 2.24) is 14.7 Å². The first-order valence-corrected chi connectivity index (χ1v) is 11.6. The Bertz CT molecular complexity index is 644. The molecule has 2 atom stereocenters. The van der Waals surface area contributed by atoms with E-state index in [1.165, 1.54) is 5.56 Å². The quantitative estimate of drug-likeness (QED) is 0.625. The van der Waals surface area contributed by atoms with Crippen LogP contribution >= 0.6 is 0 Å². The molecule has 0 amide bonds. The highest BCUT2D eigenvalue weighted by molar-refractivity contribution is 5.27. The van der Waals surface area contributed by atoms with Gasteiger partial charge < -0.3 is 4.74 Å². The Morgan fingerprint density at radius 1 is 1.03 bits per heavy atom. The summed E-state index contributed by atoms with van der Waals surface area (Å²) in [5.74, 6) is -1.77. The van der Waals surface area contributed by atoms with Gasteiger partial charge in [0.2, 0.25) is 0 Å². The number of nitrogens with zero attached hydrogens (tertiary/aromatic N) is 3. The number of hydrogen-bond acceptors (Lipinski definition) is 4. The number of alkyl halides is 2. The molecular formula is C24H39F2N3O. The molecule has 0 radical (unpaired) electrons. The summed E-state index contributed by atoms with van der Waals surface area (Å²) >= 11 is 0. The predicted octanol–water partition coefficient (Wildman–Crippen LogP) is 4.14. The van der Waals surface area contributed by atoms with Crippen LogP contribution in [0.25, 0.3) is 0 Å². The molecule has 0 saturated carbocycles. The van der Waals surface area contributed by atoms with Crippen LogP contribution in [0.2, 0.25) is 0 Å². The van der Waals surface area contributed by atoms with E-state index in [1.807, 2.05) is 21.9 Å². The molecule has 170 valence electrons. The zero-order valence-corrected chi connectivity index (χ0v) is 19.1. The van der Waals surface area contributed by atoms with Gasteiger partial charge in [0.05, 0.1) is 18.7 Å². The molecule has 2 aliphatic heterocycles. The minimum absolute atomic E-state index is 0.128. The second-order valence-electron chi connectivity index (χ2n) is 9.24. The normalized spacial score (nSPS) is 24.8. The van der Waals surface area contributed by atoms with Crippen LogP contribution in [0.15, 0.2) is 24.3 Å². The molecule has 0 N–H and O–H groups in total. The monoisotopic (exact) mass is 423 g/mol. The maximum atomic E-state index is 15.0. The van der Waals surface area contributed by atoms with Gasteiger partial charge in [-0.05, 0) is 57.7 Å². The van der Waals surface area contributed by atoms with Crippen molar-refractivity contribution in [2.24, 2.45) is 0 Å². The first-order valence-electron chi connectivity index (χ1n) is 11.6. The van der Waals surface area contributed by atoms with Gasteiger partial charge in [0.15, 0.2) is 0 Å². The molecule has 0 bridgehead atoms. The SMILES string of the molecule is CCC(C)Oc1ccc(CCN2CCC(N3CCN(C(C)C)CC3)C(F)(F)C2)cc1. The summed E-state index contributed by atoms with van der Waals surface area (Å²) in [6.07, 6.45) is 2.51. The smallest absolute Gasteiger partial charge is 0.275 e. The summed E-state index contributed by atoms with van der Waals surface area (Å²) in [6, 6.07) is 7.96. The average Bonchev–Trinajstić information content (AvgIpc) is 2.72. The van der Waals surface area contributed by atoms with Crippen molar-refractivity contribution in [1.29, 1.82) is 0 Å². The zero-order chi connectivity index (χ0) is 21.7. The van der Waals surface area contributed by atoms with Crippen molar-refractivity contribution in [2.75, 3.05) is 45.8 Å². The minimum atomic E-state index is -2.65. The van der Waals surface area contributed by atoms with E-state index < -0.39 is 12.0 Å². The van der Waals surface area contributed by atoms with Gasteiger partial charge in [0.25, 0.3) is 5.92 Å². The molecule has 0 spiro atoms. The summed E-state index contributed by atoms with van der Waals surface area (Å²) in [7, 11) is 0. The number of rotatable bonds is 8. The van der Waals surface area contributed by atoms with Gasteiger partial charge in [0, 0.05) is 45.3 Å². The number of benzene rings is 1. The van der Waals surface area contributed by atoms with Gasteiger partial charge in [-0.1, -0.05) is 19.1 Å². The summed E-state index contributed by atoms with van der Waals surface area (Å²) in [4.78, 5) is 6.35. The molecule has 3 rings (SSSR count). The third-order valence-electron chi connectivity index (χ3n) is 6.71. The number of piperidine rings is 1. The van der Waals surface area contributed by atoms with Gasteiger partial charge in [-0.2, -0.15) is 0 Å². The minimum Gasteiger partial charge on any atom is -0.491 e. The number of likely N-dealkylation sites (tertiary alicyclic amines) is 1. The van der Waals surface area contributed by atoms with Crippen LogP contribution in [0, 0.1) is 0 Å². The Morgan fingerprint density at radius 2 is 1.70 bits per heavy atom. The van der Waals surface area contributed by atoms with E-state index in [9.17, 15) is 8.78 Å². The Kier molecular flexibility index (Phi) is 8.11. The Morgan fingerprint density at radius 3 is 2.27 bits per heavy atom. The Hall–Kier alpha value is -1.24. The summed E-state index contributed by atoms with van der Waals surface area (Å²) in [5.41, 5.74) is 1.17. The standard InChI is InChI=1S/C24H39F2N3O/c1-5-20(4)30-22-8-6-21(7-9-22)10-12-27-13-11-23(24(25,26)18-27)29-16-14-28(15-17-29)19(2)3/h6-9,19-20,23H,5,10-18H2,1-4H3. The highest BCUT2D eigenvalue weighted by Gasteiger charge is 2.47. The highest BCUT2D eigenvalue weighted by Crippen LogP contribution is 2.32. The van der Waals surface area contributed by atoms with Crippen molar-refractivity contribution in [3.63, 3.8) is 0 Å². The van der Waals surface area contributed by atoms with E-state index in [4.69, 9.17) is 4.74 Å². The molecule has 2 unspecified atom stereocenters. The van der Waals surface area contributed by atoms with Crippen molar-refractivity contribution in [3.8, 4) is 5.75 Å². The van der Waals surface area contributed by atoms with Gasteiger partial charge in [-0.25, -0.2) is 8.78 Å². The van der Waals surface area contributed by atoms with Crippen molar-refractivity contribution in [3.05, 3.63) is 29.8 Å². The van der Waals surface area contributed by atoms with Gasteiger partial charge in [0.1, 0.15) is 5.75 Å². The second kappa shape index (κ2) is 10.4. The van der Waals surface area contributed by atoms with Crippen LogP contribution in [0.3, 0.4) is 0 Å². The van der Waals surface area contributed by atoms with Crippen molar-refractivity contribution in [2.45, 2.75) is 71.1 Å². The number of halogens is 2. The number of hydrogen-bond donors (Lipinski definition) is 0. The highest BCUT2D eigenvalue weighted by atomic mass is 19.3. The average molecular weight is 424 g/mol. The zero-order valence-electron chi connectivity index (χ0n) is 19.1. The van der Waals surface area contributed by atoms with E-state index in [0.29, 0.717) is 19.0 Å². The van der Waals surface area contributed by atoms with Gasteiger partial charge in [-0.3, -0.25) is 14.7 Å². The summed E-state index contributed by atoms with van der Waals surface area (Å²) < 4.78 is 35.8. The molecule has 2 fully saturated rings. The van der Waals surface area contributed by atoms with Crippen LogP contribution in [0.5, 0.6) is 5.75 Å². The number of piperazine rings is 1. The fourth-order valence-corrected chi connectivity index (χ4v) is 4.54. The number of ether oxygens (including phenoxy) is 1. The molecule has 0 aromatic heterocycles. The van der Waals surface area contributed by atoms with Crippen LogP contribution < -0.4 is 4.74 Å². The second-order valence-corrected chi connectivity index (χ2v) is 9.24. The molecule has 4 nitrogen and oxygen atoms in total. The fraction of sp³-hybridized carbons (Fsp3) is 0.750. The van der Waals surface area contributed by atoms with Crippen LogP contribution in [0.4, 0.5) is 8.78 Å². The molecule has 2 saturated heterocycles. The molecule has 1 aromatic carbocycles. The fourth-order valence-electron chi connectivity index (χ4n) is 4.54. The van der Waals surface area contributed by atoms with Gasteiger partial charge in [-0.15, -0.1) is 0 Å². The van der Waals surface area contributed by atoms with E-state index in [-0.39, 0.29) is 12.6 Å². The lowest BCUT2D eigenvalue weighted by Gasteiger charge is -2.47. The molecule has 1 aromatic rings. The van der Waals surface area contributed by atoms with E-state index in [2.05, 4.69) is 44.7 Å². The lowest BCUT2D eigenvalue weighted by Crippen LogP contribution is -2.62. The molecule has 0 aliphatic carbocycles.